The van der Waals surface area contributed by atoms with Crippen molar-refractivity contribution >= 4 is 6.47 Å². The van der Waals surface area contributed by atoms with Crippen LogP contribution < -0.4 is 0 Å². The summed E-state index contributed by atoms with van der Waals surface area (Å²) < 4.78 is 13.2. The monoisotopic (exact) mass is 377 g/mol. The molecule has 1 aliphatic heterocycles. The van der Waals surface area contributed by atoms with Crippen molar-refractivity contribution in [3.63, 3.8) is 0 Å². The van der Waals surface area contributed by atoms with Gasteiger partial charge >= 0.3 is 0 Å². The van der Waals surface area contributed by atoms with E-state index in [9.17, 15) is 4.39 Å². The van der Waals surface area contributed by atoms with Crippen LogP contribution in [0.15, 0.2) is 42.5 Å². The lowest BCUT2D eigenvalue weighted by Gasteiger charge is -2.27. The Morgan fingerprint density at radius 2 is 1.79 bits per heavy atom. The number of carboxylic acid groups (broad SMARTS) is 1. The number of benzene rings is 2. The van der Waals surface area contributed by atoms with Crippen molar-refractivity contribution in [1.82, 2.24) is 4.90 Å². The molecule has 28 heavy (non-hydrogen) atoms. The van der Waals surface area contributed by atoms with E-state index in [0.29, 0.717) is 6.04 Å². The first-order valence-corrected chi connectivity index (χ1v) is 9.83. The van der Waals surface area contributed by atoms with Crippen LogP contribution >= 0.6 is 0 Å². The molecule has 0 aromatic heterocycles. The topological polar surface area (TPSA) is 40.5 Å². The quantitative estimate of drug-likeness (QED) is 0.601. The Hall–Kier alpha value is -2.64. The number of carbonyl (C=O) groups is 1. The summed E-state index contributed by atoms with van der Waals surface area (Å²) in [5, 5.41) is 6.89. The van der Waals surface area contributed by atoms with Crippen LogP contribution in [-0.2, 0) is 11.2 Å². The summed E-state index contributed by atoms with van der Waals surface area (Å²) in [5.74, 6) is 8.91. The predicted molar refractivity (Wildman–Crippen MR) is 106 cm³/mol. The molecule has 1 heterocycles. The number of likely N-dealkylation sites (tertiary alicyclic amines) is 1. The third-order valence-corrected chi connectivity index (χ3v) is 6.46. The van der Waals surface area contributed by atoms with E-state index in [1.807, 2.05) is 6.07 Å². The minimum atomic E-state index is -0.250. The summed E-state index contributed by atoms with van der Waals surface area (Å²) >= 11 is 0. The molecule has 3 nitrogen and oxygen atoms in total. The molecule has 144 valence electrons. The first kappa shape index (κ1) is 18.7. The van der Waals surface area contributed by atoms with Gasteiger partial charge in [0.2, 0.25) is 0 Å². The lowest BCUT2D eigenvalue weighted by atomic mass is 10.0. The summed E-state index contributed by atoms with van der Waals surface area (Å²) in [7, 11) is 0. The molecule has 2 aromatic rings. The third-order valence-electron chi connectivity index (χ3n) is 6.46. The second-order valence-corrected chi connectivity index (χ2v) is 7.97. The van der Waals surface area contributed by atoms with Gasteiger partial charge in [-0.1, -0.05) is 30.9 Å². The summed E-state index contributed by atoms with van der Waals surface area (Å²) in [5.41, 5.74) is 4.71. The van der Waals surface area contributed by atoms with Crippen molar-refractivity contribution in [2.45, 2.75) is 25.8 Å². The first-order chi connectivity index (χ1) is 13.6. The van der Waals surface area contributed by atoms with E-state index in [1.165, 1.54) is 42.8 Å². The van der Waals surface area contributed by atoms with E-state index in [2.05, 4.69) is 41.9 Å². The number of hydrogen-bond donors (Lipinski definition) is 1. The molecule has 0 amide bonds. The zero-order valence-electron chi connectivity index (χ0n) is 15.9. The fraction of sp³-hybridized carbons (Fsp3) is 0.375. The van der Waals surface area contributed by atoms with Crippen LogP contribution in [0.3, 0.4) is 0 Å². The molecule has 4 heteroatoms. The smallest absolute Gasteiger partial charge is 0.290 e. The molecule has 0 bridgehead atoms. The number of rotatable bonds is 1. The highest BCUT2D eigenvalue weighted by Gasteiger charge is 2.54. The molecule has 1 saturated carbocycles. The standard InChI is InChI=1S/C23H22FN.CH2O2/c1-15-21-13-25(14-22(15)21)23-10-8-18-11-17(7-9-20(18)23)6-5-16-3-2-4-19(24)12-16;2-1-3/h2-4,7,9,11-12,15,21-23H,8,10,13-14H2,1H3;1H,(H,2,3). The third kappa shape index (κ3) is 3.68. The Labute approximate surface area is 165 Å². The molecule has 3 aliphatic rings. The molecule has 2 aliphatic carbocycles. The number of halogens is 1. The van der Waals surface area contributed by atoms with Gasteiger partial charge in [-0.05, 0) is 72.1 Å². The van der Waals surface area contributed by atoms with Gasteiger partial charge in [-0.25, -0.2) is 4.39 Å². The minimum Gasteiger partial charge on any atom is -0.483 e. The van der Waals surface area contributed by atoms with Crippen LogP contribution in [0.2, 0.25) is 0 Å². The maximum absolute atomic E-state index is 13.2. The van der Waals surface area contributed by atoms with Crippen molar-refractivity contribution in [3.8, 4) is 11.8 Å². The Balaban J connectivity index is 0.000000604. The van der Waals surface area contributed by atoms with Crippen molar-refractivity contribution < 1.29 is 14.3 Å². The number of fused-ring (bicyclic) bond motifs is 2. The molecule has 1 saturated heterocycles. The fourth-order valence-electron chi connectivity index (χ4n) is 4.87. The molecule has 2 aromatic carbocycles. The first-order valence-electron chi connectivity index (χ1n) is 9.83. The van der Waals surface area contributed by atoms with Gasteiger partial charge in [-0.15, -0.1) is 0 Å². The van der Waals surface area contributed by atoms with Crippen LogP contribution in [0.4, 0.5) is 4.39 Å². The molecule has 1 N–H and O–H groups in total. The molecule has 0 spiro atoms. The van der Waals surface area contributed by atoms with E-state index < -0.39 is 0 Å². The lowest BCUT2D eigenvalue weighted by molar-refractivity contribution is -0.122. The second-order valence-electron chi connectivity index (χ2n) is 7.97. The van der Waals surface area contributed by atoms with Gasteiger partial charge in [0.1, 0.15) is 5.82 Å². The number of piperidine rings is 1. The number of nitrogens with zero attached hydrogens (tertiary/aromatic N) is 1. The molecule has 0 radical (unpaired) electrons. The van der Waals surface area contributed by atoms with Crippen molar-refractivity contribution in [2.75, 3.05) is 13.1 Å². The van der Waals surface area contributed by atoms with Crippen LogP contribution in [0, 0.1) is 35.4 Å². The van der Waals surface area contributed by atoms with E-state index in [4.69, 9.17) is 9.90 Å². The van der Waals surface area contributed by atoms with Crippen molar-refractivity contribution in [2.24, 2.45) is 17.8 Å². The van der Waals surface area contributed by atoms with Gasteiger partial charge < -0.3 is 5.11 Å². The SMILES string of the molecule is CC1C2CN(C3CCc4cc(C#Cc5cccc(F)c5)ccc43)CC12.O=CO. The highest BCUT2D eigenvalue weighted by atomic mass is 19.1. The van der Waals surface area contributed by atoms with E-state index >= 15 is 0 Å². The lowest BCUT2D eigenvalue weighted by Crippen LogP contribution is -2.27. The van der Waals surface area contributed by atoms with Gasteiger partial charge in [-0.2, -0.15) is 0 Å². The van der Waals surface area contributed by atoms with Gasteiger partial charge in [0.05, 0.1) is 0 Å². The minimum absolute atomic E-state index is 0.235. The Bertz CT molecular complexity index is 933. The highest BCUT2D eigenvalue weighted by Crippen LogP contribution is 2.54. The van der Waals surface area contributed by atoms with E-state index in [0.717, 1.165) is 35.3 Å². The average molecular weight is 377 g/mol. The summed E-state index contributed by atoms with van der Waals surface area (Å²) in [4.78, 5) is 11.1. The fourth-order valence-corrected chi connectivity index (χ4v) is 4.87. The zero-order chi connectivity index (χ0) is 19.7. The Morgan fingerprint density at radius 3 is 2.46 bits per heavy atom. The second kappa shape index (κ2) is 7.77. The molecular formula is C24H24FNO2. The Morgan fingerprint density at radius 1 is 1.11 bits per heavy atom. The van der Waals surface area contributed by atoms with Gasteiger partial charge in [-0.3, -0.25) is 9.69 Å². The molecule has 5 rings (SSSR count). The Kier molecular flexibility index (Phi) is 5.19. The summed E-state index contributed by atoms with van der Waals surface area (Å²) in [6, 6.07) is 13.7. The van der Waals surface area contributed by atoms with Crippen molar-refractivity contribution in [1.29, 1.82) is 0 Å². The highest BCUT2D eigenvalue weighted by molar-refractivity contribution is 5.47. The maximum Gasteiger partial charge on any atom is 0.290 e. The summed E-state index contributed by atoms with van der Waals surface area (Å²) in [6.45, 7) is 4.73. The normalized spacial score (nSPS) is 26.9. The maximum atomic E-state index is 13.2. The van der Waals surface area contributed by atoms with Gasteiger partial charge in [0, 0.05) is 30.3 Å². The van der Waals surface area contributed by atoms with Crippen LogP contribution in [0.25, 0.3) is 0 Å². The van der Waals surface area contributed by atoms with Crippen LogP contribution in [0.1, 0.15) is 41.6 Å². The predicted octanol–water partition coefficient (Wildman–Crippen LogP) is 4.11. The largest absolute Gasteiger partial charge is 0.483 e. The van der Waals surface area contributed by atoms with Gasteiger partial charge in [0.15, 0.2) is 0 Å². The molecule has 3 atom stereocenters. The van der Waals surface area contributed by atoms with E-state index in [-0.39, 0.29) is 12.3 Å². The van der Waals surface area contributed by atoms with Crippen molar-refractivity contribution in [3.05, 3.63) is 70.5 Å². The summed E-state index contributed by atoms with van der Waals surface area (Å²) in [6.07, 6.45) is 2.39. The van der Waals surface area contributed by atoms with Gasteiger partial charge in [0.25, 0.3) is 6.47 Å². The average Bonchev–Trinajstić information content (AvgIpc) is 3.08. The number of hydrogen-bond acceptors (Lipinski definition) is 2. The van der Waals surface area contributed by atoms with Crippen LogP contribution in [-0.4, -0.2) is 29.6 Å². The zero-order valence-corrected chi connectivity index (χ0v) is 15.9. The molecule has 3 unspecified atom stereocenters. The van der Waals surface area contributed by atoms with Crippen LogP contribution in [0.5, 0.6) is 0 Å². The van der Waals surface area contributed by atoms with E-state index in [1.54, 1.807) is 6.07 Å². The molecule has 2 fully saturated rings. The molecular weight excluding hydrogens is 353 g/mol. The number of aryl methyl sites for hydroxylation is 1.